The Labute approximate surface area is 161 Å². The van der Waals surface area contributed by atoms with Gasteiger partial charge >= 0.3 is 0 Å². The number of aromatic nitrogens is 1. The summed E-state index contributed by atoms with van der Waals surface area (Å²) in [6.07, 6.45) is 13.8. The van der Waals surface area contributed by atoms with E-state index in [1.807, 2.05) is 0 Å². The van der Waals surface area contributed by atoms with Crippen LogP contribution in [0.2, 0.25) is 0 Å². The molecule has 2 atom stereocenters. The van der Waals surface area contributed by atoms with E-state index in [1.54, 1.807) is 0 Å². The van der Waals surface area contributed by atoms with Gasteiger partial charge in [0, 0.05) is 30.1 Å². The van der Waals surface area contributed by atoms with E-state index in [0.717, 1.165) is 31.3 Å². The quantitative estimate of drug-likeness (QED) is 0.637. The molecule has 1 aliphatic carbocycles. The van der Waals surface area contributed by atoms with Crippen molar-refractivity contribution in [2.75, 3.05) is 6.54 Å². The van der Waals surface area contributed by atoms with Crippen LogP contribution in [0.5, 0.6) is 0 Å². The van der Waals surface area contributed by atoms with Gasteiger partial charge in [-0.1, -0.05) is 36.8 Å². The van der Waals surface area contributed by atoms with E-state index in [-0.39, 0.29) is 12.4 Å². The first-order chi connectivity index (χ1) is 12.3. The summed E-state index contributed by atoms with van der Waals surface area (Å²) < 4.78 is 2.08. The van der Waals surface area contributed by atoms with E-state index in [2.05, 4.69) is 45.9 Å². The van der Waals surface area contributed by atoms with Crippen molar-refractivity contribution in [1.82, 2.24) is 9.47 Å². The molecule has 0 N–H and O–H groups in total. The number of benzene rings is 1. The monoisotopic (exact) mass is 370 g/mol. The Balaban J connectivity index is 0.00000168. The third kappa shape index (κ3) is 2.73. The fraction of sp³-hybridized carbons (Fsp3) is 0.500. The average molecular weight is 371 g/mol. The maximum atomic E-state index is 12.9. The van der Waals surface area contributed by atoms with E-state index in [9.17, 15) is 4.79 Å². The van der Waals surface area contributed by atoms with Crippen LogP contribution in [0.1, 0.15) is 67.0 Å². The van der Waals surface area contributed by atoms with Crippen molar-refractivity contribution in [3.63, 3.8) is 0 Å². The lowest BCUT2D eigenvalue weighted by atomic mass is 9.92. The predicted octanol–water partition coefficient (Wildman–Crippen LogP) is 5.29. The topological polar surface area (TPSA) is 25.2 Å². The SMILES string of the molecule is Cl.O=C1CCCC2c3c(c4ccccc4n31)CCN2C1C=CCCCC1. The smallest absolute Gasteiger partial charge is 0.231 e. The van der Waals surface area contributed by atoms with Crippen LogP contribution >= 0.6 is 12.4 Å². The van der Waals surface area contributed by atoms with Crippen LogP contribution in [-0.2, 0) is 6.42 Å². The summed E-state index contributed by atoms with van der Waals surface area (Å²) >= 11 is 0. The molecule has 2 aliphatic heterocycles. The zero-order valence-corrected chi connectivity index (χ0v) is 16.0. The van der Waals surface area contributed by atoms with Crippen molar-refractivity contribution in [3.05, 3.63) is 47.7 Å². The molecule has 0 radical (unpaired) electrons. The molecule has 0 bridgehead atoms. The predicted molar refractivity (Wildman–Crippen MR) is 108 cm³/mol. The van der Waals surface area contributed by atoms with Crippen LogP contribution < -0.4 is 0 Å². The molecule has 4 heteroatoms. The summed E-state index contributed by atoms with van der Waals surface area (Å²) in [4.78, 5) is 15.6. The molecule has 0 saturated heterocycles. The van der Waals surface area contributed by atoms with Gasteiger partial charge in [-0.15, -0.1) is 12.4 Å². The fourth-order valence-electron chi connectivity index (χ4n) is 5.26. The maximum absolute atomic E-state index is 12.9. The number of hydrogen-bond acceptors (Lipinski definition) is 2. The Morgan fingerprint density at radius 1 is 1.00 bits per heavy atom. The average Bonchev–Trinajstić information content (AvgIpc) is 2.79. The van der Waals surface area contributed by atoms with Crippen molar-refractivity contribution in [2.45, 2.75) is 63.5 Å². The first kappa shape index (κ1) is 17.8. The molecule has 3 nitrogen and oxygen atoms in total. The number of rotatable bonds is 1. The number of carbonyl (C=O) groups excluding carboxylic acids is 1. The highest BCUT2D eigenvalue weighted by Crippen LogP contribution is 2.43. The van der Waals surface area contributed by atoms with Crippen LogP contribution in [0, 0.1) is 0 Å². The molecule has 0 fully saturated rings. The molecule has 138 valence electrons. The van der Waals surface area contributed by atoms with Crippen molar-refractivity contribution < 1.29 is 4.79 Å². The third-order valence-electron chi connectivity index (χ3n) is 6.38. The van der Waals surface area contributed by atoms with Gasteiger partial charge in [0.15, 0.2) is 0 Å². The molecule has 0 saturated carbocycles. The third-order valence-corrected chi connectivity index (χ3v) is 6.38. The van der Waals surface area contributed by atoms with Crippen LogP contribution in [-0.4, -0.2) is 28.0 Å². The Morgan fingerprint density at radius 3 is 2.81 bits per heavy atom. The summed E-state index contributed by atoms with van der Waals surface area (Å²) in [6.45, 7) is 1.12. The molecule has 3 heterocycles. The number of allylic oxidation sites excluding steroid dienone is 1. The van der Waals surface area contributed by atoms with Crippen LogP contribution in [0.3, 0.4) is 0 Å². The van der Waals surface area contributed by atoms with Gasteiger partial charge in [-0.3, -0.25) is 14.3 Å². The standard InChI is InChI=1S/C22H26N2O.ClH/c25-21-13-7-12-20-22-18(17-10-5-6-11-19(17)24(21)22)14-15-23(20)16-8-3-1-2-4-9-16;/h3,5-6,8,10-11,16,20H,1-2,4,7,9,12-15H2;1H. The number of hydrogen-bond donors (Lipinski definition) is 0. The minimum atomic E-state index is 0. The van der Waals surface area contributed by atoms with E-state index < -0.39 is 0 Å². The Kier molecular flexibility index (Phi) is 4.94. The van der Waals surface area contributed by atoms with Crippen LogP contribution in [0.25, 0.3) is 10.9 Å². The molecule has 0 spiro atoms. The summed E-state index contributed by atoms with van der Waals surface area (Å²) in [5.74, 6) is 0.290. The van der Waals surface area contributed by atoms with Gasteiger partial charge in [0.05, 0.1) is 11.6 Å². The molecule has 0 amide bonds. The molecule has 26 heavy (non-hydrogen) atoms. The number of para-hydroxylation sites is 1. The fourth-order valence-corrected chi connectivity index (χ4v) is 5.26. The molecular weight excluding hydrogens is 344 g/mol. The molecule has 1 aromatic carbocycles. The minimum Gasteiger partial charge on any atom is -0.288 e. The second-order valence-corrected chi connectivity index (χ2v) is 7.79. The first-order valence-electron chi connectivity index (χ1n) is 9.92. The van der Waals surface area contributed by atoms with Gasteiger partial charge < -0.3 is 0 Å². The van der Waals surface area contributed by atoms with Crippen LogP contribution in [0.15, 0.2) is 36.4 Å². The van der Waals surface area contributed by atoms with Gasteiger partial charge in [-0.05, 0) is 50.2 Å². The molecule has 5 rings (SSSR count). The van der Waals surface area contributed by atoms with Crippen molar-refractivity contribution in [3.8, 4) is 0 Å². The Hall–Kier alpha value is -1.58. The van der Waals surface area contributed by atoms with E-state index >= 15 is 0 Å². The zero-order chi connectivity index (χ0) is 16.8. The van der Waals surface area contributed by atoms with Gasteiger partial charge in [-0.2, -0.15) is 0 Å². The highest BCUT2D eigenvalue weighted by Gasteiger charge is 2.38. The zero-order valence-electron chi connectivity index (χ0n) is 15.2. The lowest BCUT2D eigenvalue weighted by Crippen LogP contribution is -2.42. The Bertz CT molecular complexity index is 853. The summed E-state index contributed by atoms with van der Waals surface area (Å²) in [6, 6.07) is 9.45. The number of halogens is 1. The van der Waals surface area contributed by atoms with Gasteiger partial charge in [-0.25, -0.2) is 0 Å². The molecule has 2 unspecified atom stereocenters. The molecule has 3 aliphatic rings. The normalized spacial score (nSPS) is 26.1. The molecule has 1 aromatic heterocycles. The van der Waals surface area contributed by atoms with Crippen molar-refractivity contribution in [2.24, 2.45) is 0 Å². The number of fused-ring (bicyclic) bond motifs is 3. The summed E-state index contributed by atoms with van der Waals surface area (Å²) in [5, 5.41) is 1.30. The number of carbonyl (C=O) groups is 1. The van der Waals surface area contributed by atoms with E-state index in [1.165, 1.54) is 42.3 Å². The van der Waals surface area contributed by atoms with E-state index in [4.69, 9.17) is 0 Å². The Morgan fingerprint density at radius 2 is 1.88 bits per heavy atom. The van der Waals surface area contributed by atoms with Crippen LogP contribution in [0.4, 0.5) is 0 Å². The van der Waals surface area contributed by atoms with Gasteiger partial charge in [0.25, 0.3) is 0 Å². The first-order valence-corrected chi connectivity index (χ1v) is 9.92. The number of nitrogens with zero attached hydrogens (tertiary/aromatic N) is 2. The molecular formula is C22H27ClN2O. The highest BCUT2D eigenvalue weighted by atomic mass is 35.5. The van der Waals surface area contributed by atoms with E-state index in [0.29, 0.717) is 24.4 Å². The minimum absolute atomic E-state index is 0. The summed E-state index contributed by atoms with van der Waals surface area (Å²) in [5.41, 5.74) is 3.87. The largest absolute Gasteiger partial charge is 0.288 e. The second-order valence-electron chi connectivity index (χ2n) is 7.79. The lowest BCUT2D eigenvalue weighted by Gasteiger charge is -2.40. The highest BCUT2D eigenvalue weighted by molar-refractivity contribution is 5.96. The van der Waals surface area contributed by atoms with Crippen molar-refractivity contribution in [1.29, 1.82) is 0 Å². The van der Waals surface area contributed by atoms with Crippen molar-refractivity contribution >= 4 is 29.2 Å². The van der Waals surface area contributed by atoms with Gasteiger partial charge in [0.1, 0.15) is 0 Å². The van der Waals surface area contributed by atoms with Gasteiger partial charge in [0.2, 0.25) is 5.91 Å². The summed E-state index contributed by atoms with van der Waals surface area (Å²) in [7, 11) is 0. The lowest BCUT2D eigenvalue weighted by molar-refractivity contribution is 0.0904. The maximum Gasteiger partial charge on any atom is 0.231 e. The second kappa shape index (κ2) is 7.21. The molecule has 2 aromatic rings.